The quantitative estimate of drug-likeness (QED) is 0.425. The number of halogens is 2. The molecule has 26 heavy (non-hydrogen) atoms. The van der Waals surface area contributed by atoms with Crippen molar-refractivity contribution in [2.45, 2.75) is 13.5 Å². The van der Waals surface area contributed by atoms with E-state index in [4.69, 9.17) is 11.6 Å². The van der Waals surface area contributed by atoms with Crippen molar-refractivity contribution in [1.29, 1.82) is 0 Å². The van der Waals surface area contributed by atoms with E-state index >= 15 is 0 Å². The lowest BCUT2D eigenvalue weighted by Gasteiger charge is -2.02. The number of nitrogens with one attached hydrogen (secondary N) is 1. The first kappa shape index (κ1) is 17.2. The second-order valence-corrected chi connectivity index (χ2v) is 7.44. The number of benzene rings is 1. The first-order valence-corrected chi connectivity index (χ1v) is 9.50. The summed E-state index contributed by atoms with van der Waals surface area (Å²) in [5.41, 5.74) is 5.12. The second-order valence-electron chi connectivity index (χ2n) is 5.98. The number of aromatic amines is 1. The molecule has 3 heterocycles. The molecule has 0 aliphatic carbocycles. The molecule has 0 unspecified atom stereocenters. The van der Waals surface area contributed by atoms with Crippen LogP contribution in [0.3, 0.4) is 0 Å². The minimum Gasteiger partial charge on any atom is -0.340 e. The van der Waals surface area contributed by atoms with Crippen molar-refractivity contribution in [3.63, 3.8) is 0 Å². The number of H-pyrrole nitrogens is 1. The Morgan fingerprint density at radius 3 is 2.69 bits per heavy atom. The third-order valence-electron chi connectivity index (χ3n) is 4.05. The molecule has 0 saturated heterocycles. The van der Waals surface area contributed by atoms with Gasteiger partial charge >= 0.3 is 0 Å². The molecule has 4 aromatic rings. The van der Waals surface area contributed by atoms with Gasteiger partial charge in [-0.15, -0.1) is 0 Å². The lowest BCUT2D eigenvalue weighted by Crippen LogP contribution is -1.99. The van der Waals surface area contributed by atoms with E-state index in [-0.39, 0.29) is 0 Å². The molecule has 0 bridgehead atoms. The van der Waals surface area contributed by atoms with Crippen LogP contribution in [-0.4, -0.2) is 24.7 Å². The third kappa shape index (κ3) is 3.66. The average molecular weight is 476 g/mol. The molecule has 4 rings (SSSR count). The van der Waals surface area contributed by atoms with E-state index in [0.717, 1.165) is 42.6 Å². The van der Waals surface area contributed by atoms with Crippen LogP contribution in [0.1, 0.15) is 11.3 Å². The van der Waals surface area contributed by atoms with Crippen LogP contribution in [0.5, 0.6) is 0 Å². The Balaban J connectivity index is 1.59. The first-order valence-electron chi connectivity index (χ1n) is 8.04. The molecule has 0 amide bonds. The fraction of sp³-hybridized carbons (Fsp3) is 0.105. The number of nitrogens with zero attached hydrogens (tertiary/aromatic N) is 4. The normalized spacial score (nSPS) is 11.0. The van der Waals surface area contributed by atoms with Crippen molar-refractivity contribution >= 4 is 34.2 Å². The van der Waals surface area contributed by atoms with Crippen molar-refractivity contribution in [2.75, 3.05) is 0 Å². The van der Waals surface area contributed by atoms with Gasteiger partial charge in [0.2, 0.25) is 0 Å². The smallest absolute Gasteiger partial charge is 0.157 e. The van der Waals surface area contributed by atoms with E-state index in [9.17, 15) is 0 Å². The topological polar surface area (TPSA) is 59.4 Å². The van der Waals surface area contributed by atoms with Crippen molar-refractivity contribution in [2.24, 2.45) is 0 Å². The minimum atomic E-state index is 0.699. The lowest BCUT2D eigenvalue weighted by atomic mass is 10.1. The van der Waals surface area contributed by atoms with Crippen LogP contribution < -0.4 is 0 Å². The van der Waals surface area contributed by atoms with Crippen molar-refractivity contribution in [3.05, 3.63) is 75.0 Å². The Labute approximate surface area is 169 Å². The molecule has 3 aromatic heterocycles. The van der Waals surface area contributed by atoms with Crippen LogP contribution in [0.2, 0.25) is 5.02 Å². The molecular weight excluding hydrogens is 461 g/mol. The summed E-state index contributed by atoms with van der Waals surface area (Å²) in [7, 11) is 0. The van der Waals surface area contributed by atoms with Gasteiger partial charge in [-0.25, -0.2) is 4.98 Å². The zero-order valence-electron chi connectivity index (χ0n) is 13.9. The summed E-state index contributed by atoms with van der Waals surface area (Å²) in [5, 5.41) is 5.21. The summed E-state index contributed by atoms with van der Waals surface area (Å²) in [4.78, 5) is 12.2. The summed E-state index contributed by atoms with van der Waals surface area (Å²) in [6.45, 7) is 2.70. The molecule has 1 N–H and O–H groups in total. The van der Waals surface area contributed by atoms with E-state index < -0.39 is 0 Å². The number of rotatable bonds is 4. The van der Waals surface area contributed by atoms with Crippen molar-refractivity contribution in [3.8, 4) is 22.6 Å². The van der Waals surface area contributed by atoms with E-state index in [2.05, 4.69) is 42.6 Å². The van der Waals surface area contributed by atoms with Crippen LogP contribution >= 0.6 is 34.2 Å². The highest BCUT2D eigenvalue weighted by Gasteiger charge is 2.10. The van der Waals surface area contributed by atoms with E-state index in [1.807, 2.05) is 60.4 Å². The molecule has 1 aromatic carbocycles. The van der Waals surface area contributed by atoms with Gasteiger partial charge in [-0.1, -0.05) is 23.7 Å². The number of imidazole rings is 1. The van der Waals surface area contributed by atoms with Crippen LogP contribution in [0.4, 0.5) is 0 Å². The maximum atomic E-state index is 5.94. The maximum Gasteiger partial charge on any atom is 0.157 e. The van der Waals surface area contributed by atoms with Gasteiger partial charge in [-0.2, -0.15) is 5.10 Å². The molecule has 0 aliphatic rings. The Bertz CT molecular complexity index is 1030. The molecule has 7 heteroatoms. The fourth-order valence-corrected chi connectivity index (χ4v) is 3.18. The Kier molecular flexibility index (Phi) is 4.78. The first-order chi connectivity index (χ1) is 12.6. The summed E-state index contributed by atoms with van der Waals surface area (Å²) in [6, 6.07) is 11.8. The van der Waals surface area contributed by atoms with Crippen LogP contribution in [0, 0.1) is 10.6 Å². The van der Waals surface area contributed by atoms with Gasteiger partial charge in [-0.05, 0) is 64.9 Å². The molecule has 0 spiro atoms. The monoisotopic (exact) mass is 475 g/mol. The van der Waals surface area contributed by atoms with Crippen molar-refractivity contribution < 1.29 is 0 Å². The zero-order chi connectivity index (χ0) is 18.1. The van der Waals surface area contributed by atoms with Crippen LogP contribution in [-0.2, 0) is 6.54 Å². The Morgan fingerprint density at radius 2 is 1.96 bits per heavy atom. The highest BCUT2D eigenvalue weighted by Crippen LogP contribution is 2.24. The second kappa shape index (κ2) is 7.20. The van der Waals surface area contributed by atoms with Gasteiger partial charge in [0, 0.05) is 28.7 Å². The van der Waals surface area contributed by atoms with Crippen LogP contribution in [0.25, 0.3) is 22.6 Å². The fourth-order valence-electron chi connectivity index (χ4n) is 2.68. The molecule has 0 radical (unpaired) electrons. The van der Waals surface area contributed by atoms with Gasteiger partial charge in [0.1, 0.15) is 9.39 Å². The number of aromatic nitrogens is 5. The Morgan fingerprint density at radius 1 is 1.15 bits per heavy atom. The minimum absolute atomic E-state index is 0.699. The predicted molar refractivity (Wildman–Crippen MR) is 111 cm³/mol. The molecule has 0 aliphatic heterocycles. The average Bonchev–Trinajstić information content (AvgIpc) is 3.24. The molecule has 5 nitrogen and oxygen atoms in total. The summed E-state index contributed by atoms with van der Waals surface area (Å²) < 4.78 is 2.87. The third-order valence-corrected chi connectivity index (χ3v) is 5.35. The highest BCUT2D eigenvalue weighted by atomic mass is 127. The SMILES string of the molecule is Cc1[nH]c(-c2cc(-c3cnn(Cc4ccc(Cl)cc4)c3)ccn2)nc1I. The standard InChI is InChI=1S/C19H15ClIN5/c1-12-18(21)25-19(24-12)17-8-14(6-7-22-17)15-9-23-26(11-15)10-13-2-4-16(20)5-3-13/h2-9,11H,10H2,1H3,(H,24,25). The zero-order valence-corrected chi connectivity index (χ0v) is 16.9. The molecule has 0 fully saturated rings. The number of hydrogen-bond donors (Lipinski definition) is 1. The van der Waals surface area contributed by atoms with Gasteiger partial charge in [0.15, 0.2) is 5.82 Å². The maximum absolute atomic E-state index is 5.94. The molecule has 0 saturated carbocycles. The van der Waals surface area contributed by atoms with E-state index in [1.165, 1.54) is 0 Å². The molecule has 130 valence electrons. The van der Waals surface area contributed by atoms with Crippen molar-refractivity contribution in [1.82, 2.24) is 24.7 Å². The van der Waals surface area contributed by atoms with E-state index in [0.29, 0.717) is 6.54 Å². The summed E-state index contributed by atoms with van der Waals surface area (Å²) in [5.74, 6) is 0.780. The van der Waals surface area contributed by atoms with Gasteiger partial charge in [0.25, 0.3) is 0 Å². The predicted octanol–water partition coefficient (Wildman–Crippen LogP) is 4.95. The Hall–Kier alpha value is -2.19. The molecular formula is C19H15ClIN5. The van der Waals surface area contributed by atoms with Gasteiger partial charge < -0.3 is 4.98 Å². The highest BCUT2D eigenvalue weighted by molar-refractivity contribution is 14.1. The lowest BCUT2D eigenvalue weighted by molar-refractivity contribution is 0.687. The largest absolute Gasteiger partial charge is 0.340 e. The number of aryl methyl sites for hydroxylation is 1. The van der Waals surface area contributed by atoms with Crippen LogP contribution in [0.15, 0.2) is 55.0 Å². The summed E-state index contributed by atoms with van der Waals surface area (Å²) in [6.07, 6.45) is 5.70. The number of hydrogen-bond acceptors (Lipinski definition) is 3. The van der Waals surface area contributed by atoms with E-state index in [1.54, 1.807) is 6.20 Å². The number of pyridine rings is 1. The van der Waals surface area contributed by atoms with Gasteiger partial charge in [0.05, 0.1) is 12.7 Å². The summed E-state index contributed by atoms with van der Waals surface area (Å²) >= 11 is 8.16. The molecule has 0 atom stereocenters. The van der Waals surface area contributed by atoms with Gasteiger partial charge in [-0.3, -0.25) is 9.67 Å².